The summed E-state index contributed by atoms with van der Waals surface area (Å²) in [6.07, 6.45) is 1.53. The maximum atomic E-state index is 11.3. The maximum Gasteiger partial charge on any atom is 0.221 e. The van der Waals surface area contributed by atoms with Gasteiger partial charge in [0.25, 0.3) is 0 Å². The third-order valence-corrected chi connectivity index (χ3v) is 4.47. The number of sulfone groups is 1. The number of hydrogen-bond donors (Lipinski definition) is 2. The first-order valence-corrected chi connectivity index (χ1v) is 6.71. The highest BCUT2D eigenvalue weighted by atomic mass is 32.2. The number of rotatable bonds is 6. The van der Waals surface area contributed by atoms with Crippen LogP contribution in [0, 0.1) is 0 Å². The van der Waals surface area contributed by atoms with Crippen LogP contribution in [0.15, 0.2) is 0 Å². The molecule has 0 aromatic carbocycles. The van der Waals surface area contributed by atoms with E-state index in [9.17, 15) is 13.2 Å². The molecule has 0 aliphatic rings. The Morgan fingerprint density at radius 3 is 2.27 bits per heavy atom. The highest BCUT2D eigenvalue weighted by Gasteiger charge is 2.30. The Kier molecular flexibility index (Phi) is 5.23. The molecule has 1 amide bonds. The summed E-state index contributed by atoms with van der Waals surface area (Å²) in [5, 5.41) is 5.45. The summed E-state index contributed by atoms with van der Waals surface area (Å²) in [6.45, 7) is 3.93. The molecule has 0 bridgehead atoms. The standard InChI is InChI=1S/C9H20N2O3S/c1-9(2,15(4,13)14)7-11-8(12)5-6-10-3/h10H,5-7H2,1-4H3,(H,11,12). The van der Waals surface area contributed by atoms with Crippen molar-refractivity contribution in [3.63, 3.8) is 0 Å². The van der Waals surface area contributed by atoms with E-state index in [4.69, 9.17) is 0 Å². The molecule has 0 spiro atoms. The van der Waals surface area contributed by atoms with Crippen molar-refractivity contribution in [3.05, 3.63) is 0 Å². The lowest BCUT2D eigenvalue weighted by molar-refractivity contribution is -0.121. The van der Waals surface area contributed by atoms with Gasteiger partial charge in [0.1, 0.15) is 0 Å². The Balaban J connectivity index is 4.11. The number of carbonyl (C=O) groups excluding carboxylic acids is 1. The number of carbonyl (C=O) groups is 1. The van der Waals surface area contributed by atoms with Crippen molar-refractivity contribution in [1.29, 1.82) is 0 Å². The minimum atomic E-state index is -3.15. The van der Waals surface area contributed by atoms with E-state index in [1.807, 2.05) is 0 Å². The molecule has 2 N–H and O–H groups in total. The van der Waals surface area contributed by atoms with E-state index in [2.05, 4.69) is 10.6 Å². The van der Waals surface area contributed by atoms with Gasteiger partial charge in [0, 0.05) is 25.8 Å². The van der Waals surface area contributed by atoms with Gasteiger partial charge in [0.15, 0.2) is 9.84 Å². The zero-order valence-corrected chi connectivity index (χ0v) is 10.6. The molecule has 0 unspecified atom stereocenters. The van der Waals surface area contributed by atoms with Crippen LogP contribution in [0.25, 0.3) is 0 Å². The fourth-order valence-electron chi connectivity index (χ4n) is 0.769. The molecule has 90 valence electrons. The van der Waals surface area contributed by atoms with Gasteiger partial charge in [-0.3, -0.25) is 4.79 Å². The van der Waals surface area contributed by atoms with E-state index in [0.29, 0.717) is 13.0 Å². The van der Waals surface area contributed by atoms with Crippen LogP contribution in [0.2, 0.25) is 0 Å². The smallest absolute Gasteiger partial charge is 0.221 e. The average Bonchev–Trinajstić information content (AvgIpc) is 2.09. The fraction of sp³-hybridized carbons (Fsp3) is 0.889. The van der Waals surface area contributed by atoms with Gasteiger partial charge >= 0.3 is 0 Å². The Hall–Kier alpha value is -0.620. The van der Waals surface area contributed by atoms with Crippen LogP contribution >= 0.6 is 0 Å². The fourth-order valence-corrected chi connectivity index (χ4v) is 1.10. The lowest BCUT2D eigenvalue weighted by atomic mass is 10.2. The van der Waals surface area contributed by atoms with Gasteiger partial charge in [-0.2, -0.15) is 0 Å². The van der Waals surface area contributed by atoms with Crippen LogP contribution in [0.3, 0.4) is 0 Å². The van der Waals surface area contributed by atoms with Gasteiger partial charge in [-0.15, -0.1) is 0 Å². The van der Waals surface area contributed by atoms with Gasteiger partial charge in [0.05, 0.1) is 4.75 Å². The summed E-state index contributed by atoms with van der Waals surface area (Å²) < 4.78 is 21.7. The zero-order valence-electron chi connectivity index (χ0n) is 9.75. The molecule has 5 nitrogen and oxygen atoms in total. The van der Waals surface area contributed by atoms with E-state index < -0.39 is 14.6 Å². The normalized spacial score (nSPS) is 12.5. The minimum Gasteiger partial charge on any atom is -0.354 e. The molecule has 15 heavy (non-hydrogen) atoms. The van der Waals surface area contributed by atoms with Crippen molar-refractivity contribution in [2.24, 2.45) is 0 Å². The largest absolute Gasteiger partial charge is 0.354 e. The van der Waals surface area contributed by atoms with Crippen molar-refractivity contribution in [2.45, 2.75) is 25.0 Å². The summed E-state index contributed by atoms with van der Waals surface area (Å²) in [4.78, 5) is 11.2. The zero-order chi connectivity index (χ0) is 12.1. The molecule has 0 rings (SSSR count). The minimum absolute atomic E-state index is 0.138. The van der Waals surface area contributed by atoms with Crippen LogP contribution in [0.1, 0.15) is 20.3 Å². The summed E-state index contributed by atoms with van der Waals surface area (Å²) >= 11 is 0. The lowest BCUT2D eigenvalue weighted by Gasteiger charge is -2.22. The maximum absolute atomic E-state index is 11.3. The van der Waals surface area contributed by atoms with Crippen molar-refractivity contribution in [3.8, 4) is 0 Å². The quantitative estimate of drug-likeness (QED) is 0.654. The number of amides is 1. The summed E-state index contributed by atoms with van der Waals surface area (Å²) in [7, 11) is -1.39. The van der Waals surface area contributed by atoms with E-state index in [1.165, 1.54) is 6.26 Å². The first kappa shape index (κ1) is 14.4. The molecule has 0 aromatic rings. The highest BCUT2D eigenvalue weighted by Crippen LogP contribution is 2.13. The summed E-state index contributed by atoms with van der Waals surface area (Å²) in [6, 6.07) is 0. The Morgan fingerprint density at radius 1 is 1.33 bits per heavy atom. The van der Waals surface area contributed by atoms with E-state index in [1.54, 1.807) is 20.9 Å². The summed E-state index contributed by atoms with van der Waals surface area (Å²) in [5.41, 5.74) is 0. The third kappa shape index (κ3) is 5.13. The molecule has 0 heterocycles. The van der Waals surface area contributed by atoms with Gasteiger partial charge < -0.3 is 10.6 Å². The molecule has 0 fully saturated rings. The van der Waals surface area contributed by atoms with E-state index in [-0.39, 0.29) is 12.5 Å². The predicted octanol–water partition coefficient (Wildman–Crippen LogP) is -0.465. The van der Waals surface area contributed by atoms with Crippen LogP contribution in [-0.4, -0.2) is 45.5 Å². The Bertz CT molecular complexity index is 309. The second kappa shape index (κ2) is 5.46. The topological polar surface area (TPSA) is 75.3 Å². The van der Waals surface area contributed by atoms with Crippen LogP contribution in [-0.2, 0) is 14.6 Å². The first-order valence-electron chi connectivity index (χ1n) is 4.81. The van der Waals surface area contributed by atoms with Crippen LogP contribution < -0.4 is 10.6 Å². The highest BCUT2D eigenvalue weighted by molar-refractivity contribution is 7.92. The molecule has 0 aromatic heterocycles. The van der Waals surface area contributed by atoms with Crippen molar-refractivity contribution in [2.75, 3.05) is 26.4 Å². The van der Waals surface area contributed by atoms with Gasteiger partial charge in [-0.1, -0.05) is 0 Å². The Morgan fingerprint density at radius 2 is 1.87 bits per heavy atom. The average molecular weight is 236 g/mol. The molecule has 0 saturated heterocycles. The third-order valence-electron chi connectivity index (χ3n) is 2.32. The molecule has 0 aliphatic heterocycles. The second-order valence-electron chi connectivity index (χ2n) is 4.16. The lowest BCUT2D eigenvalue weighted by Crippen LogP contribution is -2.44. The molecule has 0 aliphatic carbocycles. The second-order valence-corrected chi connectivity index (χ2v) is 6.81. The van der Waals surface area contributed by atoms with Crippen LogP contribution in [0.4, 0.5) is 0 Å². The molecule has 0 saturated carbocycles. The number of hydrogen-bond acceptors (Lipinski definition) is 4. The SMILES string of the molecule is CNCCC(=O)NCC(C)(C)S(C)(=O)=O. The van der Waals surface area contributed by atoms with Crippen molar-refractivity contribution in [1.82, 2.24) is 10.6 Å². The van der Waals surface area contributed by atoms with E-state index in [0.717, 1.165) is 0 Å². The first-order chi connectivity index (χ1) is 6.70. The number of nitrogens with one attached hydrogen (secondary N) is 2. The van der Waals surface area contributed by atoms with E-state index >= 15 is 0 Å². The monoisotopic (exact) mass is 236 g/mol. The predicted molar refractivity (Wildman–Crippen MR) is 60.5 cm³/mol. The molecule has 0 atom stereocenters. The van der Waals surface area contributed by atoms with Crippen molar-refractivity contribution < 1.29 is 13.2 Å². The molecular weight excluding hydrogens is 216 g/mol. The summed E-state index contributed by atoms with van der Waals surface area (Å²) in [5.74, 6) is -0.138. The Labute approximate surface area is 91.5 Å². The van der Waals surface area contributed by atoms with Crippen LogP contribution in [0.5, 0.6) is 0 Å². The molecular formula is C9H20N2O3S. The van der Waals surface area contributed by atoms with Gasteiger partial charge in [-0.25, -0.2) is 8.42 Å². The molecule has 0 radical (unpaired) electrons. The van der Waals surface area contributed by atoms with Gasteiger partial charge in [-0.05, 0) is 20.9 Å². The molecule has 6 heteroatoms. The van der Waals surface area contributed by atoms with Gasteiger partial charge in [0.2, 0.25) is 5.91 Å². The van der Waals surface area contributed by atoms with Crippen molar-refractivity contribution >= 4 is 15.7 Å².